The summed E-state index contributed by atoms with van der Waals surface area (Å²) < 4.78 is 5.29. The van der Waals surface area contributed by atoms with Crippen molar-refractivity contribution in [2.45, 2.75) is 26.3 Å². The molecule has 3 fully saturated rings. The van der Waals surface area contributed by atoms with Gasteiger partial charge in [-0.05, 0) is 60.3 Å². The van der Waals surface area contributed by atoms with E-state index in [2.05, 4.69) is 12.2 Å². The van der Waals surface area contributed by atoms with Gasteiger partial charge in [-0.3, -0.25) is 19.3 Å². The van der Waals surface area contributed by atoms with Crippen molar-refractivity contribution in [2.24, 2.45) is 41.4 Å². The molecule has 7 heteroatoms. The van der Waals surface area contributed by atoms with Crippen molar-refractivity contribution in [1.82, 2.24) is 4.90 Å². The summed E-state index contributed by atoms with van der Waals surface area (Å²) in [5.41, 5.74) is 0.375. The van der Waals surface area contributed by atoms with Crippen molar-refractivity contribution >= 4 is 35.2 Å². The predicted octanol–water partition coefficient (Wildman–Crippen LogP) is 3.14. The fourth-order valence-electron chi connectivity index (χ4n) is 5.87. The van der Waals surface area contributed by atoms with Crippen LogP contribution >= 0.6 is 11.6 Å². The Morgan fingerprint density at radius 2 is 1.58 bits per heavy atom. The fraction of sp³-hybridized carbons (Fsp3) is 0.500. The van der Waals surface area contributed by atoms with Gasteiger partial charge in [-0.2, -0.15) is 0 Å². The number of carbonyl (C=O) groups is 4. The van der Waals surface area contributed by atoms with Crippen LogP contribution in [0.1, 0.15) is 30.6 Å². The van der Waals surface area contributed by atoms with Gasteiger partial charge in [-0.1, -0.05) is 37.6 Å². The molecular weight excluding hydrogens is 418 g/mol. The summed E-state index contributed by atoms with van der Waals surface area (Å²) in [5.74, 6) is -1.50. The maximum Gasteiger partial charge on any atom is 0.330 e. The number of imide groups is 1. The van der Waals surface area contributed by atoms with Gasteiger partial charge in [0.2, 0.25) is 11.8 Å². The SMILES string of the molecule is CC(C)[C@@H](C(=O)OCC(=O)c1ccc(Cl)cc1)N1C(=O)[C@H]2[C@@H]3C=C[C@H]([C@H]4C[C@H]34)[C@@H]2C1=O. The molecular formula is C24H24ClNO5. The lowest BCUT2D eigenvalue weighted by Crippen LogP contribution is -2.49. The van der Waals surface area contributed by atoms with E-state index in [0.29, 0.717) is 22.4 Å². The highest BCUT2D eigenvalue weighted by Crippen LogP contribution is 2.65. The predicted molar refractivity (Wildman–Crippen MR) is 112 cm³/mol. The molecule has 1 saturated heterocycles. The van der Waals surface area contributed by atoms with Crippen molar-refractivity contribution in [3.8, 4) is 0 Å². The number of amides is 2. The van der Waals surface area contributed by atoms with E-state index in [9.17, 15) is 19.2 Å². The van der Waals surface area contributed by atoms with Crippen LogP contribution < -0.4 is 0 Å². The molecule has 6 nitrogen and oxygen atoms in total. The number of Topliss-reactive ketones (excluding diaryl/α,β-unsaturated/α-hetero) is 1. The van der Waals surface area contributed by atoms with Crippen molar-refractivity contribution in [2.75, 3.05) is 6.61 Å². The minimum atomic E-state index is -1.03. The van der Waals surface area contributed by atoms with E-state index in [1.807, 2.05) is 0 Å². The van der Waals surface area contributed by atoms with Gasteiger partial charge in [0.1, 0.15) is 6.04 Å². The van der Waals surface area contributed by atoms with E-state index in [1.54, 1.807) is 38.1 Å². The van der Waals surface area contributed by atoms with Crippen LogP contribution in [0.2, 0.25) is 5.02 Å². The molecule has 0 radical (unpaired) electrons. The molecule has 4 aliphatic carbocycles. The van der Waals surface area contributed by atoms with Crippen LogP contribution in [0.25, 0.3) is 0 Å². The lowest BCUT2D eigenvalue weighted by Gasteiger charge is -2.37. The molecule has 162 valence electrons. The molecule has 2 saturated carbocycles. The molecule has 1 aromatic rings. The van der Waals surface area contributed by atoms with Crippen LogP contribution in [0.5, 0.6) is 0 Å². The minimum Gasteiger partial charge on any atom is -0.456 e. The Morgan fingerprint density at radius 1 is 1.03 bits per heavy atom. The topological polar surface area (TPSA) is 80.8 Å². The molecule has 7 atom stereocenters. The van der Waals surface area contributed by atoms with E-state index in [1.165, 1.54) is 0 Å². The highest BCUT2D eigenvalue weighted by Gasteiger charge is 2.68. The van der Waals surface area contributed by atoms with Gasteiger partial charge in [-0.25, -0.2) is 4.79 Å². The summed E-state index contributed by atoms with van der Waals surface area (Å²) >= 11 is 5.84. The summed E-state index contributed by atoms with van der Waals surface area (Å²) in [6.07, 6.45) is 5.28. The van der Waals surface area contributed by atoms with Crippen molar-refractivity contribution < 1.29 is 23.9 Å². The monoisotopic (exact) mass is 441 g/mol. The van der Waals surface area contributed by atoms with E-state index in [4.69, 9.17) is 16.3 Å². The fourth-order valence-corrected chi connectivity index (χ4v) is 6.00. The Labute approximate surface area is 185 Å². The lowest BCUT2D eigenvalue weighted by atomic mass is 9.63. The van der Waals surface area contributed by atoms with E-state index >= 15 is 0 Å². The molecule has 1 heterocycles. The molecule has 1 aromatic carbocycles. The average Bonchev–Trinajstić information content (AvgIpc) is 3.53. The Morgan fingerprint density at radius 3 is 2.10 bits per heavy atom. The molecule has 0 aromatic heterocycles. The molecule has 5 aliphatic rings. The van der Waals surface area contributed by atoms with Gasteiger partial charge < -0.3 is 4.74 Å². The first-order valence-corrected chi connectivity index (χ1v) is 11.2. The second kappa shape index (κ2) is 7.30. The van der Waals surface area contributed by atoms with Crippen LogP contribution in [0.3, 0.4) is 0 Å². The summed E-state index contributed by atoms with van der Waals surface area (Å²) in [6.45, 7) is 3.10. The molecule has 6 rings (SSSR count). The summed E-state index contributed by atoms with van der Waals surface area (Å²) in [7, 11) is 0. The van der Waals surface area contributed by atoms with Crippen LogP contribution in [0.15, 0.2) is 36.4 Å². The van der Waals surface area contributed by atoms with Crippen LogP contribution in [0.4, 0.5) is 0 Å². The Kier molecular flexibility index (Phi) is 4.81. The zero-order chi connectivity index (χ0) is 22.0. The summed E-state index contributed by atoms with van der Waals surface area (Å²) in [4.78, 5) is 53.1. The van der Waals surface area contributed by atoms with Crippen LogP contribution in [0, 0.1) is 41.4 Å². The van der Waals surface area contributed by atoms with Crippen LogP contribution in [-0.4, -0.2) is 41.1 Å². The number of hydrogen-bond donors (Lipinski definition) is 0. The van der Waals surface area contributed by atoms with Gasteiger partial charge in [0.05, 0.1) is 11.8 Å². The number of ether oxygens (including phenoxy) is 1. The number of carbonyl (C=O) groups excluding carboxylic acids is 4. The number of rotatable bonds is 6. The number of allylic oxidation sites excluding steroid dienone is 2. The van der Waals surface area contributed by atoms with Gasteiger partial charge in [0.25, 0.3) is 0 Å². The van der Waals surface area contributed by atoms with Crippen molar-refractivity contribution in [3.63, 3.8) is 0 Å². The second-order valence-corrected chi connectivity index (χ2v) is 9.86. The molecule has 31 heavy (non-hydrogen) atoms. The first-order valence-electron chi connectivity index (χ1n) is 10.8. The normalized spacial score (nSPS) is 33.4. The van der Waals surface area contributed by atoms with Gasteiger partial charge in [0, 0.05) is 10.6 Å². The number of benzene rings is 1. The first kappa shape index (κ1) is 20.4. The van der Waals surface area contributed by atoms with Crippen molar-refractivity contribution in [1.29, 1.82) is 0 Å². The third-order valence-corrected chi connectivity index (χ3v) is 7.61. The first-order chi connectivity index (χ1) is 14.8. The van der Waals surface area contributed by atoms with E-state index in [-0.39, 0.29) is 47.2 Å². The highest BCUT2D eigenvalue weighted by molar-refractivity contribution is 6.30. The van der Waals surface area contributed by atoms with Crippen molar-refractivity contribution in [3.05, 3.63) is 47.0 Å². The quantitative estimate of drug-likeness (QED) is 0.293. The second-order valence-electron chi connectivity index (χ2n) is 9.43. The molecule has 0 unspecified atom stereocenters. The zero-order valence-electron chi connectivity index (χ0n) is 17.4. The number of halogens is 1. The Hall–Kier alpha value is -2.47. The van der Waals surface area contributed by atoms with Crippen LogP contribution in [-0.2, 0) is 19.1 Å². The highest BCUT2D eigenvalue weighted by atomic mass is 35.5. The largest absolute Gasteiger partial charge is 0.456 e. The zero-order valence-corrected chi connectivity index (χ0v) is 18.1. The minimum absolute atomic E-state index is 0.0942. The number of nitrogens with zero attached hydrogens (tertiary/aromatic N) is 1. The molecule has 2 bridgehead atoms. The standard InChI is InChI=1S/C24H24ClNO5/c1-11(2)21(24(30)31-10-18(27)12-3-5-13(25)6-4-12)26-22(28)19-14-7-8-15(17-9-16(14)17)20(19)23(26)29/h3-8,11,14-17,19-21H,9-10H2,1-2H3/t14-,15-,16-,17-,19+,20+,21+/m1/s1. The average molecular weight is 442 g/mol. The smallest absolute Gasteiger partial charge is 0.330 e. The maximum atomic E-state index is 13.3. The molecule has 0 N–H and O–H groups in total. The van der Waals surface area contributed by atoms with Gasteiger partial charge in [-0.15, -0.1) is 0 Å². The molecule has 0 spiro atoms. The lowest BCUT2D eigenvalue weighted by molar-refractivity contribution is -0.160. The number of esters is 1. The van der Waals surface area contributed by atoms with Gasteiger partial charge >= 0.3 is 5.97 Å². The van der Waals surface area contributed by atoms with Gasteiger partial charge in [0.15, 0.2) is 12.4 Å². The Balaban J connectivity index is 1.32. The molecule has 1 aliphatic heterocycles. The summed E-state index contributed by atoms with van der Waals surface area (Å²) in [6, 6.07) is 5.27. The third kappa shape index (κ3) is 3.15. The number of ketones is 1. The molecule has 2 amide bonds. The Bertz CT molecular complexity index is 964. The summed E-state index contributed by atoms with van der Waals surface area (Å²) in [5, 5.41) is 0.502. The third-order valence-electron chi connectivity index (χ3n) is 7.36. The van der Waals surface area contributed by atoms with E-state index < -0.39 is 18.6 Å². The number of hydrogen-bond acceptors (Lipinski definition) is 5. The maximum absolute atomic E-state index is 13.3. The number of likely N-dealkylation sites (tertiary alicyclic amines) is 1. The van der Waals surface area contributed by atoms with E-state index in [0.717, 1.165) is 11.3 Å².